The van der Waals surface area contributed by atoms with Crippen LogP contribution < -0.4 is 5.32 Å². The number of hydrogen-bond acceptors (Lipinski definition) is 4. The number of carbonyl (C=O) groups excluding carboxylic acids is 1. The van der Waals surface area contributed by atoms with Crippen molar-refractivity contribution in [3.8, 4) is 11.3 Å². The van der Waals surface area contributed by atoms with E-state index < -0.39 is 0 Å². The van der Waals surface area contributed by atoms with Gasteiger partial charge in [0.2, 0.25) is 0 Å². The fourth-order valence-electron chi connectivity index (χ4n) is 3.03. The second kappa shape index (κ2) is 7.62. The van der Waals surface area contributed by atoms with Crippen molar-refractivity contribution >= 4 is 17.2 Å². The quantitative estimate of drug-likeness (QED) is 0.573. The summed E-state index contributed by atoms with van der Waals surface area (Å²) < 4.78 is 7.02. The third-order valence-electron chi connectivity index (χ3n) is 4.49. The van der Waals surface area contributed by atoms with Crippen LogP contribution in [0.2, 0.25) is 0 Å². The van der Waals surface area contributed by atoms with Crippen molar-refractivity contribution in [1.82, 2.24) is 14.6 Å². The van der Waals surface area contributed by atoms with Crippen LogP contribution in [-0.2, 0) is 11.3 Å². The van der Waals surface area contributed by atoms with E-state index in [9.17, 15) is 4.79 Å². The van der Waals surface area contributed by atoms with Gasteiger partial charge in [-0.05, 0) is 19.1 Å². The first-order valence-corrected chi connectivity index (χ1v) is 8.96. The van der Waals surface area contributed by atoms with E-state index in [1.165, 1.54) is 0 Å². The molecule has 2 aromatic carbocycles. The topological polar surface area (TPSA) is 68.5 Å². The zero-order valence-corrected chi connectivity index (χ0v) is 15.7. The Morgan fingerprint density at radius 2 is 1.86 bits per heavy atom. The fourth-order valence-corrected chi connectivity index (χ4v) is 3.03. The van der Waals surface area contributed by atoms with Gasteiger partial charge in [0.15, 0.2) is 5.65 Å². The Morgan fingerprint density at radius 3 is 2.57 bits per heavy atom. The molecule has 2 aromatic heterocycles. The Balaban J connectivity index is 1.74. The van der Waals surface area contributed by atoms with Gasteiger partial charge in [0.05, 0.1) is 23.6 Å². The number of nitrogens with zero attached hydrogens (tertiary/aromatic N) is 3. The molecule has 0 bridgehead atoms. The number of ether oxygens (including phenoxy) is 1. The Morgan fingerprint density at radius 1 is 1.11 bits per heavy atom. The predicted molar refractivity (Wildman–Crippen MR) is 108 cm³/mol. The summed E-state index contributed by atoms with van der Waals surface area (Å²) in [6, 6.07) is 19.4. The maximum atomic E-state index is 12.9. The van der Waals surface area contributed by atoms with Gasteiger partial charge in [-0.25, -0.2) is 9.50 Å². The van der Waals surface area contributed by atoms with E-state index in [1.54, 1.807) is 17.8 Å². The van der Waals surface area contributed by atoms with Gasteiger partial charge in [0, 0.05) is 30.6 Å². The first-order chi connectivity index (χ1) is 13.7. The van der Waals surface area contributed by atoms with E-state index in [-0.39, 0.29) is 12.5 Å². The highest BCUT2D eigenvalue weighted by Crippen LogP contribution is 2.21. The van der Waals surface area contributed by atoms with Crippen molar-refractivity contribution in [3.63, 3.8) is 0 Å². The maximum Gasteiger partial charge on any atom is 0.259 e. The zero-order chi connectivity index (χ0) is 19.5. The summed E-state index contributed by atoms with van der Waals surface area (Å²) in [6.07, 6.45) is 1.57. The largest absolute Gasteiger partial charge is 0.378 e. The van der Waals surface area contributed by atoms with Crippen LogP contribution in [0.4, 0.5) is 5.69 Å². The molecule has 4 rings (SSSR count). The van der Waals surface area contributed by atoms with Gasteiger partial charge in [-0.3, -0.25) is 4.79 Å². The number of anilines is 1. The van der Waals surface area contributed by atoms with Crippen molar-refractivity contribution in [2.45, 2.75) is 13.5 Å². The summed E-state index contributed by atoms with van der Waals surface area (Å²) in [5.74, 6) is -0.248. The Kier molecular flexibility index (Phi) is 4.87. The predicted octanol–water partition coefficient (Wildman–Crippen LogP) is 4.10. The Labute approximate surface area is 162 Å². The maximum absolute atomic E-state index is 12.9. The molecular formula is C22H20N4O2. The summed E-state index contributed by atoms with van der Waals surface area (Å²) in [5.41, 5.74) is 5.38. The highest BCUT2D eigenvalue weighted by molar-refractivity contribution is 6.05. The number of carbonyl (C=O) groups is 1. The van der Waals surface area contributed by atoms with Gasteiger partial charge >= 0.3 is 0 Å². The van der Waals surface area contributed by atoms with E-state index in [4.69, 9.17) is 4.74 Å². The minimum atomic E-state index is -0.248. The lowest BCUT2D eigenvalue weighted by atomic mass is 10.1. The molecule has 6 heteroatoms. The number of amides is 1. The molecule has 1 amide bonds. The lowest BCUT2D eigenvalue weighted by Crippen LogP contribution is -2.18. The lowest BCUT2D eigenvalue weighted by Gasteiger charge is -2.11. The highest BCUT2D eigenvalue weighted by Gasteiger charge is 2.18. The third-order valence-corrected chi connectivity index (χ3v) is 4.49. The molecule has 0 aliphatic rings. The van der Waals surface area contributed by atoms with Crippen LogP contribution in [0.3, 0.4) is 0 Å². The second-order valence-corrected chi connectivity index (χ2v) is 6.54. The molecule has 4 aromatic rings. The number of benzene rings is 2. The van der Waals surface area contributed by atoms with Crippen molar-refractivity contribution < 1.29 is 9.53 Å². The molecule has 0 atom stereocenters. The number of rotatable bonds is 5. The minimum absolute atomic E-state index is 0.242. The standard InChI is InChI=1S/C22H20N4O2/c1-15-8-10-17(11-9-15)24-22(27)18-13-23-21-12-19(16-6-4-3-5-7-16)25-26(21)20(18)14-28-2/h3-13H,14H2,1-2H3,(H,24,27). The van der Waals surface area contributed by atoms with Gasteiger partial charge < -0.3 is 10.1 Å². The Hall–Kier alpha value is -3.51. The highest BCUT2D eigenvalue weighted by atomic mass is 16.5. The molecule has 0 unspecified atom stereocenters. The molecule has 0 aliphatic heterocycles. The second-order valence-electron chi connectivity index (χ2n) is 6.54. The molecule has 2 heterocycles. The van der Waals surface area contributed by atoms with E-state index in [2.05, 4.69) is 15.4 Å². The van der Waals surface area contributed by atoms with Crippen LogP contribution in [0.25, 0.3) is 16.9 Å². The van der Waals surface area contributed by atoms with Gasteiger partial charge in [0.25, 0.3) is 5.91 Å². The van der Waals surface area contributed by atoms with Crippen molar-refractivity contribution in [2.24, 2.45) is 0 Å². The number of hydrogen-bond donors (Lipinski definition) is 1. The third kappa shape index (κ3) is 3.50. The Bertz CT molecular complexity index is 1120. The molecule has 0 spiro atoms. The summed E-state index contributed by atoms with van der Waals surface area (Å²) in [6.45, 7) is 2.24. The monoisotopic (exact) mass is 372 g/mol. The number of aryl methyl sites for hydroxylation is 1. The fraction of sp³-hybridized carbons (Fsp3) is 0.136. The number of methoxy groups -OCH3 is 1. The van der Waals surface area contributed by atoms with Crippen molar-refractivity contribution in [2.75, 3.05) is 12.4 Å². The van der Waals surface area contributed by atoms with Crippen molar-refractivity contribution in [1.29, 1.82) is 0 Å². The molecule has 0 saturated heterocycles. The number of aromatic nitrogens is 3. The van der Waals surface area contributed by atoms with Crippen LogP contribution in [-0.4, -0.2) is 27.6 Å². The van der Waals surface area contributed by atoms with Crippen LogP contribution in [0.1, 0.15) is 21.6 Å². The molecular weight excluding hydrogens is 352 g/mol. The first kappa shape index (κ1) is 17.9. The van der Waals surface area contributed by atoms with Gasteiger partial charge in [-0.2, -0.15) is 5.10 Å². The van der Waals surface area contributed by atoms with Gasteiger partial charge in [-0.1, -0.05) is 48.0 Å². The SMILES string of the molecule is COCc1c(C(=O)Nc2ccc(C)cc2)cnc2cc(-c3ccccc3)nn12. The van der Waals surface area contributed by atoms with Gasteiger partial charge in [0.1, 0.15) is 0 Å². The van der Waals surface area contributed by atoms with E-state index in [1.807, 2.05) is 67.6 Å². The molecule has 0 fully saturated rings. The first-order valence-electron chi connectivity index (χ1n) is 8.96. The van der Waals surface area contributed by atoms with Crippen LogP contribution >= 0.6 is 0 Å². The minimum Gasteiger partial charge on any atom is -0.378 e. The smallest absolute Gasteiger partial charge is 0.259 e. The summed E-state index contributed by atoms with van der Waals surface area (Å²) in [5, 5.41) is 7.57. The van der Waals surface area contributed by atoms with Crippen LogP contribution in [0.5, 0.6) is 0 Å². The van der Waals surface area contributed by atoms with E-state index in [0.717, 1.165) is 22.5 Å². The molecule has 140 valence electrons. The number of fused-ring (bicyclic) bond motifs is 1. The van der Waals surface area contributed by atoms with Crippen molar-refractivity contribution in [3.05, 3.63) is 83.7 Å². The molecule has 0 saturated carbocycles. The number of nitrogens with one attached hydrogen (secondary N) is 1. The van der Waals surface area contributed by atoms with E-state index >= 15 is 0 Å². The lowest BCUT2D eigenvalue weighted by molar-refractivity contribution is 0.102. The zero-order valence-electron chi connectivity index (χ0n) is 15.7. The molecule has 28 heavy (non-hydrogen) atoms. The summed E-state index contributed by atoms with van der Waals surface area (Å²) in [4.78, 5) is 17.3. The summed E-state index contributed by atoms with van der Waals surface area (Å²) >= 11 is 0. The van der Waals surface area contributed by atoms with E-state index in [0.29, 0.717) is 16.9 Å². The van der Waals surface area contributed by atoms with Crippen LogP contribution in [0, 0.1) is 6.92 Å². The average Bonchev–Trinajstić information content (AvgIpc) is 3.15. The molecule has 6 nitrogen and oxygen atoms in total. The molecule has 0 radical (unpaired) electrons. The average molecular weight is 372 g/mol. The normalized spacial score (nSPS) is 10.9. The molecule has 1 N–H and O–H groups in total. The van der Waals surface area contributed by atoms with Crippen LogP contribution in [0.15, 0.2) is 66.9 Å². The van der Waals surface area contributed by atoms with Gasteiger partial charge in [-0.15, -0.1) is 0 Å². The summed E-state index contributed by atoms with van der Waals surface area (Å²) in [7, 11) is 1.59. The molecule has 0 aliphatic carbocycles.